The lowest BCUT2D eigenvalue weighted by molar-refractivity contribution is 0.216. The third kappa shape index (κ3) is 3.71. The van der Waals surface area contributed by atoms with E-state index in [0.29, 0.717) is 12.6 Å². The first-order valence-corrected chi connectivity index (χ1v) is 7.98. The molecule has 4 nitrogen and oxygen atoms in total. The van der Waals surface area contributed by atoms with Gasteiger partial charge in [0.25, 0.3) is 0 Å². The van der Waals surface area contributed by atoms with E-state index >= 15 is 0 Å². The molecule has 1 aromatic heterocycles. The fourth-order valence-corrected chi connectivity index (χ4v) is 2.96. The second-order valence-electron chi connectivity index (χ2n) is 6.14. The standard InChI is InChI=1S/C17H22FN3O/c1-12-17(21-22-20-12)11-19-16(14-3-2-4-14)10-7-13-5-8-15(18)9-6-13/h5-6,8-9,14,16,19H,2-4,7,10-11H2,1H3/t16-/m0/s1. The summed E-state index contributed by atoms with van der Waals surface area (Å²) in [7, 11) is 0. The minimum atomic E-state index is -0.175. The Kier molecular flexibility index (Phi) is 4.83. The van der Waals surface area contributed by atoms with Crippen molar-refractivity contribution >= 4 is 0 Å². The highest BCUT2D eigenvalue weighted by molar-refractivity contribution is 5.16. The van der Waals surface area contributed by atoms with E-state index in [9.17, 15) is 4.39 Å². The van der Waals surface area contributed by atoms with Crippen LogP contribution in [0.1, 0.15) is 42.6 Å². The van der Waals surface area contributed by atoms with Crippen LogP contribution in [0.3, 0.4) is 0 Å². The highest BCUT2D eigenvalue weighted by atomic mass is 19.1. The molecule has 118 valence electrons. The van der Waals surface area contributed by atoms with Crippen LogP contribution in [-0.4, -0.2) is 16.4 Å². The summed E-state index contributed by atoms with van der Waals surface area (Å²) in [6.45, 7) is 2.60. The molecule has 1 aliphatic carbocycles. The number of nitrogens with zero attached hydrogens (tertiary/aromatic N) is 2. The summed E-state index contributed by atoms with van der Waals surface area (Å²) in [6, 6.07) is 7.28. The minimum Gasteiger partial charge on any atom is -0.308 e. The number of hydrogen-bond donors (Lipinski definition) is 1. The minimum absolute atomic E-state index is 0.175. The van der Waals surface area contributed by atoms with Gasteiger partial charge in [-0.25, -0.2) is 9.02 Å². The summed E-state index contributed by atoms with van der Waals surface area (Å²) < 4.78 is 17.7. The van der Waals surface area contributed by atoms with Crippen LogP contribution in [-0.2, 0) is 13.0 Å². The van der Waals surface area contributed by atoms with Gasteiger partial charge in [-0.05, 0) is 56.2 Å². The van der Waals surface area contributed by atoms with Crippen LogP contribution in [0.4, 0.5) is 4.39 Å². The Morgan fingerprint density at radius 3 is 2.64 bits per heavy atom. The summed E-state index contributed by atoms with van der Waals surface area (Å²) in [5, 5.41) is 11.4. The second-order valence-corrected chi connectivity index (χ2v) is 6.14. The van der Waals surface area contributed by atoms with Crippen LogP contribution in [0, 0.1) is 18.7 Å². The number of aryl methyl sites for hydroxylation is 2. The van der Waals surface area contributed by atoms with E-state index < -0.39 is 0 Å². The zero-order valence-corrected chi connectivity index (χ0v) is 12.9. The Labute approximate surface area is 130 Å². The molecule has 0 radical (unpaired) electrons. The van der Waals surface area contributed by atoms with Crippen molar-refractivity contribution < 1.29 is 9.02 Å². The second kappa shape index (κ2) is 7.01. The van der Waals surface area contributed by atoms with Crippen molar-refractivity contribution in [1.82, 2.24) is 15.6 Å². The van der Waals surface area contributed by atoms with E-state index in [2.05, 4.69) is 15.6 Å². The Morgan fingerprint density at radius 1 is 1.27 bits per heavy atom. The van der Waals surface area contributed by atoms with Crippen LogP contribution >= 0.6 is 0 Å². The molecule has 1 saturated carbocycles. The van der Waals surface area contributed by atoms with E-state index in [1.165, 1.54) is 37.0 Å². The van der Waals surface area contributed by atoms with Crippen LogP contribution in [0.2, 0.25) is 0 Å². The SMILES string of the molecule is Cc1nonc1CN[C@@H](CCc1ccc(F)cc1)C1CCC1. The number of aromatic nitrogens is 2. The molecule has 0 aliphatic heterocycles. The lowest BCUT2D eigenvalue weighted by Gasteiger charge is -2.34. The maximum absolute atomic E-state index is 13.0. The first-order chi connectivity index (χ1) is 10.7. The van der Waals surface area contributed by atoms with Crippen molar-refractivity contribution in [3.63, 3.8) is 0 Å². The quantitative estimate of drug-likeness (QED) is 0.851. The molecule has 1 N–H and O–H groups in total. The normalized spacial score (nSPS) is 16.5. The molecule has 1 atom stereocenters. The van der Waals surface area contributed by atoms with Gasteiger partial charge in [0, 0.05) is 12.6 Å². The third-order valence-electron chi connectivity index (χ3n) is 4.65. The molecule has 2 aromatic rings. The van der Waals surface area contributed by atoms with Gasteiger partial charge in [0.2, 0.25) is 0 Å². The van der Waals surface area contributed by atoms with Gasteiger partial charge in [-0.3, -0.25) is 0 Å². The van der Waals surface area contributed by atoms with Gasteiger partial charge in [0.15, 0.2) is 0 Å². The predicted molar refractivity (Wildman–Crippen MR) is 81.7 cm³/mol. The molecule has 1 aliphatic rings. The summed E-state index contributed by atoms with van der Waals surface area (Å²) in [5.74, 6) is 0.562. The summed E-state index contributed by atoms with van der Waals surface area (Å²) >= 11 is 0. The van der Waals surface area contributed by atoms with Gasteiger partial charge in [-0.2, -0.15) is 0 Å². The highest BCUT2D eigenvalue weighted by Crippen LogP contribution is 2.31. The van der Waals surface area contributed by atoms with E-state index in [-0.39, 0.29) is 5.82 Å². The fraction of sp³-hybridized carbons (Fsp3) is 0.529. The van der Waals surface area contributed by atoms with E-state index in [1.807, 2.05) is 19.1 Å². The molecule has 0 bridgehead atoms. The van der Waals surface area contributed by atoms with Gasteiger partial charge in [-0.15, -0.1) is 0 Å². The van der Waals surface area contributed by atoms with Crippen LogP contribution in [0.5, 0.6) is 0 Å². The van der Waals surface area contributed by atoms with E-state index in [4.69, 9.17) is 4.63 Å². The lowest BCUT2D eigenvalue weighted by atomic mass is 9.78. The average molecular weight is 303 g/mol. The molecular formula is C17H22FN3O. The van der Waals surface area contributed by atoms with Crippen molar-refractivity contribution in [2.45, 2.75) is 51.6 Å². The predicted octanol–water partition coefficient (Wildman–Crippen LogP) is 3.41. The number of benzene rings is 1. The summed E-state index contributed by atoms with van der Waals surface area (Å²) in [6.07, 6.45) is 5.92. The lowest BCUT2D eigenvalue weighted by Crippen LogP contribution is -2.39. The topological polar surface area (TPSA) is 51.0 Å². The molecule has 0 unspecified atom stereocenters. The summed E-state index contributed by atoms with van der Waals surface area (Å²) in [5.41, 5.74) is 2.91. The first-order valence-electron chi connectivity index (χ1n) is 7.98. The highest BCUT2D eigenvalue weighted by Gasteiger charge is 2.27. The Morgan fingerprint density at radius 2 is 2.05 bits per heavy atom. The number of rotatable bonds is 7. The van der Waals surface area contributed by atoms with Gasteiger partial charge < -0.3 is 5.32 Å². The molecule has 1 aromatic carbocycles. The molecule has 1 heterocycles. The van der Waals surface area contributed by atoms with Crippen molar-refractivity contribution in [3.8, 4) is 0 Å². The van der Waals surface area contributed by atoms with Gasteiger partial charge in [0.05, 0.1) is 0 Å². The largest absolute Gasteiger partial charge is 0.308 e. The van der Waals surface area contributed by atoms with Gasteiger partial charge in [0.1, 0.15) is 17.2 Å². The molecule has 22 heavy (non-hydrogen) atoms. The molecule has 1 fully saturated rings. The molecular weight excluding hydrogens is 281 g/mol. The van der Waals surface area contributed by atoms with Crippen molar-refractivity contribution in [1.29, 1.82) is 0 Å². The van der Waals surface area contributed by atoms with E-state index in [1.54, 1.807) is 0 Å². The van der Waals surface area contributed by atoms with E-state index in [0.717, 1.165) is 30.1 Å². The fourth-order valence-electron chi connectivity index (χ4n) is 2.96. The van der Waals surface area contributed by atoms with Crippen LogP contribution in [0.15, 0.2) is 28.9 Å². The average Bonchev–Trinajstić information content (AvgIpc) is 2.87. The molecule has 0 amide bonds. The van der Waals surface area contributed by atoms with Crippen molar-refractivity contribution in [2.24, 2.45) is 5.92 Å². The number of nitrogens with one attached hydrogen (secondary N) is 1. The van der Waals surface area contributed by atoms with Gasteiger partial charge in [-0.1, -0.05) is 28.9 Å². The molecule has 3 rings (SSSR count). The molecule has 0 saturated heterocycles. The van der Waals surface area contributed by atoms with Crippen molar-refractivity contribution in [2.75, 3.05) is 0 Å². The third-order valence-corrected chi connectivity index (χ3v) is 4.65. The molecule has 0 spiro atoms. The smallest absolute Gasteiger partial charge is 0.123 e. The number of hydrogen-bond acceptors (Lipinski definition) is 4. The molecule has 5 heteroatoms. The zero-order valence-electron chi connectivity index (χ0n) is 12.9. The maximum atomic E-state index is 13.0. The Hall–Kier alpha value is -1.75. The Bertz CT molecular complexity index is 592. The number of halogens is 1. The van der Waals surface area contributed by atoms with Crippen molar-refractivity contribution in [3.05, 3.63) is 47.0 Å². The zero-order chi connectivity index (χ0) is 15.4. The first kappa shape index (κ1) is 15.2. The van der Waals surface area contributed by atoms with Crippen LogP contribution in [0.25, 0.3) is 0 Å². The maximum Gasteiger partial charge on any atom is 0.123 e. The van der Waals surface area contributed by atoms with Crippen LogP contribution < -0.4 is 5.32 Å². The monoisotopic (exact) mass is 303 g/mol. The summed E-state index contributed by atoms with van der Waals surface area (Å²) in [4.78, 5) is 0. The van der Waals surface area contributed by atoms with Gasteiger partial charge >= 0.3 is 0 Å². The Balaban J connectivity index is 1.55.